The number of ketones is 1. The zero-order valence-electron chi connectivity index (χ0n) is 11.0. The van der Waals surface area contributed by atoms with E-state index in [0.717, 1.165) is 5.69 Å². The van der Waals surface area contributed by atoms with Gasteiger partial charge in [-0.05, 0) is 38.0 Å². The van der Waals surface area contributed by atoms with Crippen LogP contribution < -0.4 is 11.1 Å². The lowest BCUT2D eigenvalue weighted by atomic mass is 10.1. The highest BCUT2D eigenvalue weighted by molar-refractivity contribution is 5.99. The number of carbonyl (C=O) groups excluding carboxylic acids is 1. The van der Waals surface area contributed by atoms with Crippen LogP contribution in [0.1, 0.15) is 55.8 Å². The van der Waals surface area contributed by atoms with E-state index in [4.69, 9.17) is 5.73 Å². The van der Waals surface area contributed by atoms with E-state index < -0.39 is 0 Å². The molecule has 0 radical (unpaired) electrons. The van der Waals surface area contributed by atoms with Crippen molar-refractivity contribution in [3.63, 3.8) is 0 Å². The maximum absolute atomic E-state index is 11.3. The summed E-state index contributed by atoms with van der Waals surface area (Å²) in [7, 11) is 0. The molecule has 3 nitrogen and oxygen atoms in total. The molecule has 0 amide bonds. The lowest BCUT2D eigenvalue weighted by Crippen LogP contribution is -2.18. The van der Waals surface area contributed by atoms with Gasteiger partial charge in [0.2, 0.25) is 0 Å². The standard InChI is InChI=1S/C15H22N2O/c1-11(18)14-9-8-13(10-15(14)16)17-12-6-4-2-3-5-7-12/h8-10,12,17H,2-7,16H2,1H3. The van der Waals surface area contributed by atoms with Crippen LogP contribution in [0.2, 0.25) is 0 Å². The van der Waals surface area contributed by atoms with Crippen molar-refractivity contribution in [2.24, 2.45) is 0 Å². The summed E-state index contributed by atoms with van der Waals surface area (Å²) in [5.74, 6) is 0.0218. The molecule has 1 aromatic carbocycles. The molecule has 0 bridgehead atoms. The Morgan fingerprint density at radius 3 is 2.44 bits per heavy atom. The number of carbonyl (C=O) groups is 1. The fourth-order valence-electron chi connectivity index (χ4n) is 2.63. The van der Waals surface area contributed by atoms with Crippen molar-refractivity contribution in [2.75, 3.05) is 11.1 Å². The Hall–Kier alpha value is -1.51. The summed E-state index contributed by atoms with van der Waals surface area (Å²) in [5.41, 5.74) is 8.11. The number of nitrogen functional groups attached to an aromatic ring is 1. The van der Waals surface area contributed by atoms with Gasteiger partial charge in [-0.15, -0.1) is 0 Å². The summed E-state index contributed by atoms with van der Waals surface area (Å²) < 4.78 is 0. The number of rotatable bonds is 3. The van der Waals surface area contributed by atoms with E-state index >= 15 is 0 Å². The smallest absolute Gasteiger partial charge is 0.161 e. The van der Waals surface area contributed by atoms with Crippen LogP contribution in [-0.2, 0) is 0 Å². The second-order valence-electron chi connectivity index (χ2n) is 5.19. The Kier molecular flexibility index (Phi) is 4.24. The minimum atomic E-state index is 0.0218. The molecule has 0 spiro atoms. The fourth-order valence-corrected chi connectivity index (χ4v) is 2.63. The first kappa shape index (κ1) is 12.9. The number of nitrogens with two attached hydrogens (primary N) is 1. The van der Waals surface area contributed by atoms with Gasteiger partial charge in [0.25, 0.3) is 0 Å². The van der Waals surface area contributed by atoms with E-state index in [0.29, 0.717) is 17.3 Å². The normalized spacial score (nSPS) is 17.2. The number of hydrogen-bond donors (Lipinski definition) is 2. The van der Waals surface area contributed by atoms with Gasteiger partial charge in [-0.1, -0.05) is 25.7 Å². The van der Waals surface area contributed by atoms with Gasteiger partial charge in [-0.2, -0.15) is 0 Å². The molecule has 1 fully saturated rings. The van der Waals surface area contributed by atoms with Crippen molar-refractivity contribution >= 4 is 17.2 Å². The summed E-state index contributed by atoms with van der Waals surface area (Å²) in [6.07, 6.45) is 7.77. The highest BCUT2D eigenvalue weighted by atomic mass is 16.1. The predicted octanol–water partition coefficient (Wildman–Crippen LogP) is 3.61. The molecule has 2 rings (SSSR count). The van der Waals surface area contributed by atoms with Crippen LogP contribution in [0.25, 0.3) is 0 Å². The Morgan fingerprint density at radius 1 is 1.22 bits per heavy atom. The maximum Gasteiger partial charge on any atom is 0.161 e. The summed E-state index contributed by atoms with van der Waals surface area (Å²) in [6, 6.07) is 6.20. The van der Waals surface area contributed by atoms with E-state index in [1.165, 1.54) is 38.5 Å². The largest absolute Gasteiger partial charge is 0.398 e. The molecule has 1 aromatic rings. The van der Waals surface area contributed by atoms with Crippen LogP contribution in [0.15, 0.2) is 18.2 Å². The third kappa shape index (κ3) is 3.25. The molecule has 98 valence electrons. The second kappa shape index (κ2) is 5.89. The molecule has 0 saturated heterocycles. The van der Waals surface area contributed by atoms with Crippen LogP contribution in [-0.4, -0.2) is 11.8 Å². The topological polar surface area (TPSA) is 55.1 Å². The van der Waals surface area contributed by atoms with E-state index in [9.17, 15) is 4.79 Å². The quantitative estimate of drug-likeness (QED) is 0.486. The first-order valence-electron chi connectivity index (χ1n) is 6.84. The molecule has 1 saturated carbocycles. The lowest BCUT2D eigenvalue weighted by Gasteiger charge is -2.18. The van der Waals surface area contributed by atoms with Crippen molar-refractivity contribution in [3.8, 4) is 0 Å². The van der Waals surface area contributed by atoms with Gasteiger partial charge in [-0.3, -0.25) is 4.79 Å². The molecular formula is C15H22N2O. The Balaban J connectivity index is 2.05. The molecule has 3 N–H and O–H groups in total. The lowest BCUT2D eigenvalue weighted by molar-refractivity contribution is 0.101. The molecular weight excluding hydrogens is 224 g/mol. The summed E-state index contributed by atoms with van der Waals surface area (Å²) in [6.45, 7) is 1.55. The monoisotopic (exact) mass is 246 g/mol. The molecule has 0 unspecified atom stereocenters. The third-order valence-electron chi connectivity index (χ3n) is 3.66. The number of anilines is 2. The van der Waals surface area contributed by atoms with Crippen LogP contribution in [0.5, 0.6) is 0 Å². The SMILES string of the molecule is CC(=O)c1ccc(NC2CCCCCC2)cc1N. The number of hydrogen-bond acceptors (Lipinski definition) is 3. The maximum atomic E-state index is 11.3. The fraction of sp³-hybridized carbons (Fsp3) is 0.533. The Morgan fingerprint density at radius 2 is 1.89 bits per heavy atom. The average molecular weight is 246 g/mol. The Bertz CT molecular complexity index is 421. The predicted molar refractivity (Wildman–Crippen MR) is 76.0 cm³/mol. The Labute approximate surface area is 109 Å². The van der Waals surface area contributed by atoms with Crippen molar-refractivity contribution in [1.29, 1.82) is 0 Å². The van der Waals surface area contributed by atoms with Gasteiger partial charge < -0.3 is 11.1 Å². The molecule has 18 heavy (non-hydrogen) atoms. The molecule has 0 aromatic heterocycles. The van der Waals surface area contributed by atoms with Gasteiger partial charge >= 0.3 is 0 Å². The van der Waals surface area contributed by atoms with E-state index in [1.54, 1.807) is 6.92 Å². The minimum absolute atomic E-state index is 0.0218. The van der Waals surface area contributed by atoms with E-state index in [1.807, 2.05) is 18.2 Å². The molecule has 0 atom stereocenters. The van der Waals surface area contributed by atoms with Gasteiger partial charge in [0.15, 0.2) is 5.78 Å². The zero-order chi connectivity index (χ0) is 13.0. The number of nitrogens with one attached hydrogen (secondary N) is 1. The summed E-state index contributed by atoms with van der Waals surface area (Å²) >= 11 is 0. The van der Waals surface area contributed by atoms with Crippen molar-refractivity contribution in [3.05, 3.63) is 23.8 Å². The van der Waals surface area contributed by atoms with Crippen LogP contribution >= 0.6 is 0 Å². The first-order valence-corrected chi connectivity index (χ1v) is 6.84. The second-order valence-corrected chi connectivity index (χ2v) is 5.19. The van der Waals surface area contributed by atoms with Crippen LogP contribution in [0.4, 0.5) is 11.4 Å². The average Bonchev–Trinajstić information content (AvgIpc) is 2.57. The van der Waals surface area contributed by atoms with E-state index in [-0.39, 0.29) is 5.78 Å². The summed E-state index contributed by atoms with van der Waals surface area (Å²) in [4.78, 5) is 11.3. The van der Waals surface area contributed by atoms with Crippen LogP contribution in [0.3, 0.4) is 0 Å². The van der Waals surface area contributed by atoms with Crippen molar-refractivity contribution < 1.29 is 4.79 Å². The van der Waals surface area contributed by atoms with Gasteiger partial charge in [-0.25, -0.2) is 0 Å². The molecule has 3 heteroatoms. The third-order valence-corrected chi connectivity index (χ3v) is 3.66. The first-order chi connectivity index (χ1) is 8.66. The minimum Gasteiger partial charge on any atom is -0.398 e. The van der Waals surface area contributed by atoms with Gasteiger partial charge in [0.05, 0.1) is 0 Å². The van der Waals surface area contributed by atoms with Crippen molar-refractivity contribution in [2.45, 2.75) is 51.5 Å². The van der Waals surface area contributed by atoms with Crippen LogP contribution in [0, 0.1) is 0 Å². The summed E-state index contributed by atoms with van der Waals surface area (Å²) in [5, 5.41) is 3.54. The molecule has 0 heterocycles. The van der Waals surface area contributed by atoms with Gasteiger partial charge in [0, 0.05) is 23.0 Å². The number of Topliss-reactive ketones (excluding diaryl/α,β-unsaturated/α-hetero) is 1. The van der Waals surface area contributed by atoms with E-state index in [2.05, 4.69) is 5.32 Å². The highest BCUT2D eigenvalue weighted by Gasteiger charge is 2.12. The highest BCUT2D eigenvalue weighted by Crippen LogP contribution is 2.23. The molecule has 1 aliphatic carbocycles. The zero-order valence-corrected chi connectivity index (χ0v) is 11.0. The number of benzene rings is 1. The molecule has 0 aliphatic heterocycles. The molecule has 1 aliphatic rings. The van der Waals surface area contributed by atoms with Gasteiger partial charge in [0.1, 0.15) is 0 Å². The van der Waals surface area contributed by atoms with Crippen molar-refractivity contribution in [1.82, 2.24) is 0 Å².